The molecular weight excluding hydrogens is 228 g/mol. The fourth-order valence-electron chi connectivity index (χ4n) is 2.21. The monoisotopic (exact) mass is 246 g/mol. The minimum atomic E-state index is -0.349. The molecule has 1 unspecified atom stereocenters. The lowest BCUT2D eigenvalue weighted by Crippen LogP contribution is -2.43. The topological polar surface area (TPSA) is 41.9 Å². The lowest BCUT2D eigenvalue weighted by atomic mass is 9.75. The number of carbonyl (C=O) groups excluding carboxylic acids is 1. The van der Waals surface area contributed by atoms with Crippen LogP contribution in [0.15, 0.2) is 29.4 Å². The van der Waals surface area contributed by atoms with E-state index in [2.05, 4.69) is 5.10 Å². The van der Waals surface area contributed by atoms with Crippen LogP contribution in [-0.4, -0.2) is 30.8 Å². The highest BCUT2D eigenvalue weighted by Crippen LogP contribution is 2.34. The zero-order chi connectivity index (χ0) is 13.3. The number of hydrogen-bond acceptors (Lipinski definition) is 3. The molecule has 0 aliphatic carbocycles. The van der Waals surface area contributed by atoms with Crippen molar-refractivity contribution in [1.82, 2.24) is 5.01 Å². The summed E-state index contributed by atoms with van der Waals surface area (Å²) in [5.41, 5.74) is 1.65. The van der Waals surface area contributed by atoms with Gasteiger partial charge in [0.05, 0.1) is 7.11 Å². The summed E-state index contributed by atoms with van der Waals surface area (Å²) in [5.74, 6) is 0.832. The first kappa shape index (κ1) is 12.6. The van der Waals surface area contributed by atoms with Crippen molar-refractivity contribution >= 4 is 11.6 Å². The fraction of sp³-hybridized carbons (Fsp3) is 0.429. The van der Waals surface area contributed by atoms with Crippen molar-refractivity contribution in [3.8, 4) is 5.75 Å². The summed E-state index contributed by atoms with van der Waals surface area (Å²) in [6.45, 7) is 4.01. The van der Waals surface area contributed by atoms with E-state index in [4.69, 9.17) is 4.74 Å². The number of rotatable bonds is 2. The SMILES string of the molecule is COc1cccc(C2(C)CC(=O)N(C)N=C2C)c1. The van der Waals surface area contributed by atoms with E-state index in [1.54, 1.807) is 14.2 Å². The van der Waals surface area contributed by atoms with Crippen molar-refractivity contribution in [1.29, 1.82) is 0 Å². The van der Waals surface area contributed by atoms with Crippen LogP contribution in [0.4, 0.5) is 0 Å². The van der Waals surface area contributed by atoms with Gasteiger partial charge >= 0.3 is 0 Å². The predicted octanol–water partition coefficient (Wildman–Crippen LogP) is 2.19. The van der Waals surface area contributed by atoms with Gasteiger partial charge in [-0.05, 0) is 31.5 Å². The Kier molecular flexibility index (Phi) is 3.11. The van der Waals surface area contributed by atoms with Gasteiger partial charge in [-0.3, -0.25) is 4.79 Å². The molecule has 1 heterocycles. The van der Waals surface area contributed by atoms with Crippen molar-refractivity contribution in [2.75, 3.05) is 14.2 Å². The van der Waals surface area contributed by atoms with Crippen LogP contribution in [0.1, 0.15) is 25.8 Å². The molecule has 0 fully saturated rings. The van der Waals surface area contributed by atoms with E-state index in [0.717, 1.165) is 17.0 Å². The maximum absolute atomic E-state index is 11.9. The molecular formula is C14H18N2O2. The molecule has 18 heavy (non-hydrogen) atoms. The molecule has 1 aromatic carbocycles. The number of nitrogens with zero attached hydrogens (tertiary/aromatic N) is 2. The van der Waals surface area contributed by atoms with E-state index in [1.807, 2.05) is 38.1 Å². The van der Waals surface area contributed by atoms with E-state index >= 15 is 0 Å². The molecule has 96 valence electrons. The Balaban J connectivity index is 2.47. The molecule has 0 aromatic heterocycles. The van der Waals surface area contributed by atoms with Gasteiger partial charge in [-0.2, -0.15) is 5.10 Å². The Morgan fingerprint density at radius 2 is 2.17 bits per heavy atom. The lowest BCUT2D eigenvalue weighted by Gasteiger charge is -2.35. The van der Waals surface area contributed by atoms with Crippen molar-refractivity contribution in [2.45, 2.75) is 25.7 Å². The standard InChI is InChI=1S/C14H18N2O2/c1-10-14(2,9-13(17)16(3)15-10)11-6-5-7-12(8-11)18-4/h5-8H,9H2,1-4H3. The predicted molar refractivity (Wildman–Crippen MR) is 70.8 cm³/mol. The quantitative estimate of drug-likeness (QED) is 0.802. The summed E-state index contributed by atoms with van der Waals surface area (Å²) in [5, 5.41) is 5.72. The van der Waals surface area contributed by atoms with Crippen molar-refractivity contribution in [3.05, 3.63) is 29.8 Å². The number of hydrogen-bond donors (Lipinski definition) is 0. The zero-order valence-corrected chi connectivity index (χ0v) is 11.2. The second-order valence-electron chi connectivity index (χ2n) is 4.84. The van der Waals surface area contributed by atoms with E-state index in [9.17, 15) is 4.79 Å². The van der Waals surface area contributed by atoms with E-state index in [1.165, 1.54) is 5.01 Å². The van der Waals surface area contributed by atoms with Crippen LogP contribution >= 0.6 is 0 Å². The van der Waals surface area contributed by atoms with E-state index < -0.39 is 0 Å². The van der Waals surface area contributed by atoms with Crippen LogP contribution in [0.25, 0.3) is 0 Å². The highest BCUT2D eigenvalue weighted by atomic mass is 16.5. The lowest BCUT2D eigenvalue weighted by molar-refractivity contribution is -0.131. The van der Waals surface area contributed by atoms with Crippen molar-refractivity contribution < 1.29 is 9.53 Å². The second-order valence-corrected chi connectivity index (χ2v) is 4.84. The van der Waals surface area contributed by atoms with Gasteiger partial charge < -0.3 is 4.74 Å². The molecule has 1 atom stereocenters. The molecule has 0 bridgehead atoms. The first-order valence-electron chi connectivity index (χ1n) is 5.94. The summed E-state index contributed by atoms with van der Waals surface area (Å²) in [6, 6.07) is 7.82. The van der Waals surface area contributed by atoms with Crippen LogP contribution in [0.2, 0.25) is 0 Å². The third kappa shape index (κ3) is 1.98. The van der Waals surface area contributed by atoms with Gasteiger partial charge in [0.25, 0.3) is 0 Å². The Morgan fingerprint density at radius 1 is 1.44 bits per heavy atom. The fourth-order valence-corrected chi connectivity index (χ4v) is 2.21. The van der Waals surface area contributed by atoms with Crippen LogP contribution in [-0.2, 0) is 10.2 Å². The van der Waals surface area contributed by atoms with Gasteiger partial charge in [-0.25, -0.2) is 5.01 Å². The summed E-state index contributed by atoms with van der Waals surface area (Å²) in [7, 11) is 3.33. The molecule has 1 amide bonds. The number of methoxy groups -OCH3 is 1. The summed E-state index contributed by atoms with van der Waals surface area (Å²) in [6.07, 6.45) is 0.437. The number of benzene rings is 1. The summed E-state index contributed by atoms with van der Waals surface area (Å²) in [4.78, 5) is 11.9. The largest absolute Gasteiger partial charge is 0.497 e. The van der Waals surface area contributed by atoms with Gasteiger partial charge in [0.2, 0.25) is 5.91 Å². The van der Waals surface area contributed by atoms with Gasteiger partial charge in [-0.15, -0.1) is 0 Å². The Labute approximate surface area is 107 Å². The van der Waals surface area contributed by atoms with Crippen LogP contribution in [0.5, 0.6) is 5.75 Å². The molecule has 0 radical (unpaired) electrons. The zero-order valence-electron chi connectivity index (χ0n) is 11.2. The minimum absolute atomic E-state index is 0.0333. The Hall–Kier alpha value is -1.84. The highest BCUT2D eigenvalue weighted by Gasteiger charge is 2.37. The molecule has 1 aliphatic rings. The maximum atomic E-state index is 11.9. The number of carbonyl (C=O) groups is 1. The first-order valence-corrected chi connectivity index (χ1v) is 5.94. The van der Waals surface area contributed by atoms with Crippen molar-refractivity contribution in [2.24, 2.45) is 5.10 Å². The Morgan fingerprint density at radius 3 is 2.83 bits per heavy atom. The molecule has 0 saturated heterocycles. The Bertz CT molecular complexity index is 510. The second kappa shape index (κ2) is 4.44. The summed E-state index contributed by atoms with van der Waals surface area (Å²) >= 11 is 0. The molecule has 4 nitrogen and oxygen atoms in total. The summed E-state index contributed by atoms with van der Waals surface area (Å²) < 4.78 is 5.24. The number of ether oxygens (including phenoxy) is 1. The molecule has 4 heteroatoms. The normalized spacial score (nSPS) is 23.9. The van der Waals surface area contributed by atoms with Gasteiger partial charge in [-0.1, -0.05) is 12.1 Å². The average molecular weight is 246 g/mol. The van der Waals surface area contributed by atoms with Crippen LogP contribution in [0.3, 0.4) is 0 Å². The molecule has 0 spiro atoms. The molecule has 1 aromatic rings. The van der Waals surface area contributed by atoms with Crippen LogP contribution in [0, 0.1) is 0 Å². The van der Waals surface area contributed by atoms with Crippen molar-refractivity contribution in [3.63, 3.8) is 0 Å². The molecule has 1 aliphatic heterocycles. The van der Waals surface area contributed by atoms with E-state index in [-0.39, 0.29) is 11.3 Å². The average Bonchev–Trinajstić information content (AvgIpc) is 2.36. The molecule has 0 saturated carbocycles. The first-order chi connectivity index (χ1) is 8.47. The number of amides is 1. The highest BCUT2D eigenvalue weighted by molar-refractivity contribution is 5.99. The third-order valence-corrected chi connectivity index (χ3v) is 3.67. The third-order valence-electron chi connectivity index (χ3n) is 3.67. The number of hydrazone groups is 1. The molecule has 2 rings (SSSR count). The van der Waals surface area contributed by atoms with Crippen LogP contribution < -0.4 is 4.74 Å². The minimum Gasteiger partial charge on any atom is -0.497 e. The van der Waals surface area contributed by atoms with Gasteiger partial charge in [0.1, 0.15) is 5.75 Å². The smallest absolute Gasteiger partial charge is 0.243 e. The van der Waals surface area contributed by atoms with E-state index in [0.29, 0.717) is 6.42 Å². The van der Waals surface area contributed by atoms with Gasteiger partial charge in [0.15, 0.2) is 0 Å². The van der Waals surface area contributed by atoms with Gasteiger partial charge in [0, 0.05) is 24.6 Å². The molecule has 0 N–H and O–H groups in total. The maximum Gasteiger partial charge on any atom is 0.243 e.